The van der Waals surface area contributed by atoms with Crippen molar-refractivity contribution in [3.05, 3.63) is 59.2 Å². The Labute approximate surface area is 233 Å². The van der Waals surface area contributed by atoms with Gasteiger partial charge in [-0.05, 0) is 48.7 Å². The molecule has 4 rings (SSSR count). The van der Waals surface area contributed by atoms with Crippen LogP contribution in [0.2, 0.25) is 0 Å². The van der Waals surface area contributed by atoms with Gasteiger partial charge in [-0.2, -0.15) is 5.10 Å². The van der Waals surface area contributed by atoms with E-state index in [0.717, 1.165) is 53.1 Å². The number of ether oxygens (including phenoxy) is 1. The van der Waals surface area contributed by atoms with Crippen molar-refractivity contribution in [3.63, 3.8) is 0 Å². The lowest BCUT2D eigenvalue weighted by atomic mass is 10.1. The zero-order chi connectivity index (χ0) is 27.6. The van der Waals surface area contributed by atoms with Gasteiger partial charge in [0.15, 0.2) is 5.71 Å². The highest BCUT2D eigenvalue weighted by Gasteiger charge is 2.34. The van der Waals surface area contributed by atoms with Gasteiger partial charge in [0.1, 0.15) is 0 Å². The number of morpholine rings is 1. The van der Waals surface area contributed by atoms with Crippen molar-refractivity contribution >= 4 is 41.1 Å². The van der Waals surface area contributed by atoms with Gasteiger partial charge in [0.25, 0.3) is 5.91 Å². The van der Waals surface area contributed by atoms with Crippen LogP contribution in [-0.4, -0.2) is 72.2 Å². The Morgan fingerprint density at radius 3 is 2.51 bits per heavy atom. The molecule has 2 N–H and O–H groups in total. The predicted molar refractivity (Wildman–Crippen MR) is 153 cm³/mol. The summed E-state index contributed by atoms with van der Waals surface area (Å²) in [5, 5.41) is 13.4. The second-order valence-electron chi connectivity index (χ2n) is 9.63. The normalized spacial score (nSPS) is 16.0. The highest BCUT2D eigenvalue weighted by Crippen LogP contribution is 2.33. The molecule has 0 aromatic heterocycles. The lowest BCUT2D eigenvalue weighted by Gasteiger charge is -2.25. The van der Waals surface area contributed by atoms with E-state index < -0.39 is 5.97 Å². The number of unbranched alkanes of at least 4 members (excludes halogenated alkanes) is 4. The van der Waals surface area contributed by atoms with Gasteiger partial charge in [-0.15, -0.1) is 11.8 Å². The molecule has 0 atom stereocenters. The monoisotopic (exact) mass is 552 g/mol. The first-order chi connectivity index (χ1) is 19.0. The predicted octanol–water partition coefficient (Wildman–Crippen LogP) is 4.78. The number of thioether (sulfide) groups is 1. The van der Waals surface area contributed by atoms with E-state index in [1.54, 1.807) is 33.7 Å². The molecule has 2 heterocycles. The fraction of sp³-hybridized carbons (Fsp3) is 0.448. The summed E-state index contributed by atoms with van der Waals surface area (Å²) in [5.41, 5.74) is 5.73. The van der Waals surface area contributed by atoms with Crippen molar-refractivity contribution < 1.29 is 24.2 Å². The number of anilines is 1. The molecule has 1 fully saturated rings. The first-order valence-corrected chi connectivity index (χ1v) is 14.6. The number of amides is 3. The van der Waals surface area contributed by atoms with E-state index in [-0.39, 0.29) is 23.2 Å². The van der Waals surface area contributed by atoms with Crippen LogP contribution in [0.4, 0.5) is 10.5 Å². The van der Waals surface area contributed by atoms with Crippen molar-refractivity contribution in [1.82, 2.24) is 10.3 Å². The molecule has 10 heteroatoms. The fourth-order valence-electron chi connectivity index (χ4n) is 4.63. The first kappa shape index (κ1) is 28.6. The van der Waals surface area contributed by atoms with E-state index in [0.29, 0.717) is 32.8 Å². The summed E-state index contributed by atoms with van der Waals surface area (Å²) in [5.74, 6) is -0.332. The number of nitrogens with zero attached hydrogens (tertiary/aromatic N) is 3. The number of aryl methyl sites for hydroxylation is 1. The number of carboxylic acids is 1. The lowest BCUT2D eigenvalue weighted by molar-refractivity contribution is -0.112. The van der Waals surface area contributed by atoms with E-state index in [9.17, 15) is 14.4 Å². The van der Waals surface area contributed by atoms with Crippen molar-refractivity contribution in [2.75, 3.05) is 43.5 Å². The Hall–Kier alpha value is -3.37. The van der Waals surface area contributed by atoms with Gasteiger partial charge in [-0.25, -0.2) is 15.0 Å². The van der Waals surface area contributed by atoms with Gasteiger partial charge in [-0.1, -0.05) is 44.7 Å². The molecule has 2 aliphatic heterocycles. The summed E-state index contributed by atoms with van der Waals surface area (Å²) in [7, 11) is 0. The van der Waals surface area contributed by atoms with Crippen LogP contribution in [0.3, 0.4) is 0 Å². The largest absolute Gasteiger partial charge is 0.478 e. The molecular weight excluding hydrogens is 516 g/mol. The van der Waals surface area contributed by atoms with Crippen molar-refractivity contribution in [2.45, 2.75) is 50.3 Å². The highest BCUT2D eigenvalue weighted by atomic mass is 32.2. The van der Waals surface area contributed by atoms with Gasteiger partial charge >= 0.3 is 12.0 Å². The van der Waals surface area contributed by atoms with Gasteiger partial charge in [-0.3, -0.25) is 4.79 Å². The number of nitrogens with one attached hydrogen (secondary N) is 1. The third-order valence-electron chi connectivity index (χ3n) is 6.87. The van der Waals surface area contributed by atoms with Gasteiger partial charge in [0, 0.05) is 35.8 Å². The zero-order valence-corrected chi connectivity index (χ0v) is 23.2. The molecule has 208 valence electrons. The minimum atomic E-state index is -0.933. The summed E-state index contributed by atoms with van der Waals surface area (Å²) in [6.07, 6.45) is 6.26. The van der Waals surface area contributed by atoms with Crippen LogP contribution in [0.1, 0.15) is 60.5 Å². The van der Waals surface area contributed by atoms with E-state index in [2.05, 4.69) is 17.5 Å². The van der Waals surface area contributed by atoms with Crippen LogP contribution >= 0.6 is 11.8 Å². The lowest BCUT2D eigenvalue weighted by Crippen LogP contribution is -2.45. The molecule has 3 amide bonds. The Kier molecular flexibility index (Phi) is 10.4. The molecule has 2 aromatic rings. The average molecular weight is 553 g/mol. The smallest absolute Gasteiger partial charge is 0.337 e. The summed E-state index contributed by atoms with van der Waals surface area (Å²) in [6, 6.07) is 12.5. The van der Waals surface area contributed by atoms with Crippen LogP contribution in [0, 0.1) is 0 Å². The third-order valence-corrected chi connectivity index (χ3v) is 7.86. The number of carbonyl (C=O) groups is 3. The molecule has 0 aliphatic carbocycles. The average Bonchev–Trinajstić information content (AvgIpc) is 3.22. The summed E-state index contributed by atoms with van der Waals surface area (Å²) in [6.45, 7) is 4.75. The van der Waals surface area contributed by atoms with Crippen LogP contribution in [0.25, 0.3) is 0 Å². The van der Waals surface area contributed by atoms with E-state index in [1.807, 2.05) is 30.3 Å². The van der Waals surface area contributed by atoms with Crippen LogP contribution in [-0.2, 0) is 16.0 Å². The minimum absolute atomic E-state index is 0.191. The number of hydrazone groups is 1. The first-order valence-electron chi connectivity index (χ1n) is 13.6. The second kappa shape index (κ2) is 14.1. The van der Waals surface area contributed by atoms with Crippen molar-refractivity contribution in [1.29, 1.82) is 0 Å². The molecule has 0 spiro atoms. The molecule has 2 aromatic carbocycles. The van der Waals surface area contributed by atoms with Gasteiger partial charge in [0.05, 0.1) is 24.5 Å². The fourth-order valence-corrected chi connectivity index (χ4v) is 5.57. The summed E-state index contributed by atoms with van der Waals surface area (Å²) >= 11 is 1.66. The Balaban J connectivity index is 1.45. The van der Waals surface area contributed by atoms with Crippen molar-refractivity contribution in [2.24, 2.45) is 5.10 Å². The Morgan fingerprint density at radius 2 is 1.79 bits per heavy atom. The maximum atomic E-state index is 13.4. The molecule has 0 unspecified atom stereocenters. The van der Waals surface area contributed by atoms with Gasteiger partial charge < -0.3 is 19.6 Å². The quantitative estimate of drug-likeness (QED) is 0.223. The summed E-state index contributed by atoms with van der Waals surface area (Å²) in [4.78, 5) is 41.5. The Morgan fingerprint density at radius 1 is 1.05 bits per heavy atom. The minimum Gasteiger partial charge on any atom is -0.478 e. The number of hydrogen-bond acceptors (Lipinski definition) is 6. The Bertz CT molecular complexity index is 1190. The maximum Gasteiger partial charge on any atom is 0.337 e. The zero-order valence-electron chi connectivity index (χ0n) is 22.4. The molecule has 9 nitrogen and oxygen atoms in total. The molecule has 0 radical (unpaired) electrons. The molecule has 1 saturated heterocycles. The highest BCUT2D eigenvalue weighted by molar-refractivity contribution is 7.99. The molecule has 0 saturated carbocycles. The SMILES string of the molecule is CCCCCCCN1C(=O)C(=NNC(=O)N2CCOCC2)c2cc(SCCc3ccc(C(=O)O)cc3)ccc21. The number of aromatic carboxylic acids is 1. The van der Waals surface area contributed by atoms with Crippen LogP contribution < -0.4 is 10.3 Å². The number of carboxylic acid groups (broad SMARTS) is 1. The van der Waals surface area contributed by atoms with Gasteiger partial charge in [0.2, 0.25) is 0 Å². The maximum absolute atomic E-state index is 13.4. The third kappa shape index (κ3) is 7.60. The van der Waals surface area contributed by atoms with Crippen LogP contribution in [0.15, 0.2) is 52.5 Å². The van der Waals surface area contributed by atoms with E-state index in [1.165, 1.54) is 12.8 Å². The summed E-state index contributed by atoms with van der Waals surface area (Å²) < 4.78 is 5.31. The molecule has 2 aliphatic rings. The number of benzene rings is 2. The standard InChI is InChI=1S/C29H36N4O5S/c1-2-3-4-5-6-14-33-25-12-11-23(39-19-13-21-7-9-22(10-8-21)28(35)36)20-24(25)26(27(33)34)30-31-29(37)32-15-17-38-18-16-32/h7-12,20H,2-6,13-19H2,1H3,(H,31,37)(H,35,36). The number of carbonyl (C=O) groups excluding carboxylic acids is 2. The number of rotatable bonds is 12. The second-order valence-corrected chi connectivity index (χ2v) is 10.8. The molecule has 0 bridgehead atoms. The topological polar surface area (TPSA) is 112 Å². The van der Waals surface area contributed by atoms with E-state index in [4.69, 9.17) is 9.84 Å². The molecule has 39 heavy (non-hydrogen) atoms. The van der Waals surface area contributed by atoms with E-state index >= 15 is 0 Å². The molecular formula is C29H36N4O5S. The van der Waals surface area contributed by atoms with Crippen LogP contribution in [0.5, 0.6) is 0 Å². The number of urea groups is 1. The number of fused-ring (bicyclic) bond motifs is 1. The number of hydrogen-bond donors (Lipinski definition) is 2. The van der Waals surface area contributed by atoms with Crippen molar-refractivity contribution in [3.8, 4) is 0 Å².